The SMILES string of the molecule is Nc1ccc(-c2ccccc2O)cc1F. The van der Waals surface area contributed by atoms with Crippen LogP contribution in [0.4, 0.5) is 10.1 Å². The molecule has 15 heavy (non-hydrogen) atoms. The van der Waals surface area contributed by atoms with E-state index >= 15 is 0 Å². The Morgan fingerprint density at radius 2 is 1.80 bits per heavy atom. The van der Waals surface area contributed by atoms with E-state index in [1.807, 2.05) is 0 Å². The quantitative estimate of drug-likeness (QED) is 0.700. The summed E-state index contributed by atoms with van der Waals surface area (Å²) >= 11 is 0. The lowest BCUT2D eigenvalue weighted by molar-refractivity contribution is 0.477. The molecule has 0 aromatic heterocycles. The molecule has 3 N–H and O–H groups in total. The highest BCUT2D eigenvalue weighted by atomic mass is 19.1. The summed E-state index contributed by atoms with van der Waals surface area (Å²) < 4.78 is 13.2. The molecule has 0 aliphatic rings. The fourth-order valence-electron chi connectivity index (χ4n) is 1.41. The first-order chi connectivity index (χ1) is 7.18. The largest absolute Gasteiger partial charge is 0.507 e. The summed E-state index contributed by atoms with van der Waals surface area (Å²) in [6.07, 6.45) is 0. The summed E-state index contributed by atoms with van der Waals surface area (Å²) in [4.78, 5) is 0. The first kappa shape index (κ1) is 9.52. The van der Waals surface area contributed by atoms with Crippen LogP contribution in [0.25, 0.3) is 11.1 Å². The molecule has 3 heteroatoms. The van der Waals surface area contributed by atoms with Gasteiger partial charge in [0.15, 0.2) is 0 Å². The summed E-state index contributed by atoms with van der Waals surface area (Å²) in [6.45, 7) is 0. The minimum absolute atomic E-state index is 0.106. The zero-order chi connectivity index (χ0) is 10.8. The van der Waals surface area contributed by atoms with Crippen molar-refractivity contribution < 1.29 is 9.50 Å². The third-order valence-electron chi connectivity index (χ3n) is 2.22. The molecule has 0 bridgehead atoms. The average Bonchev–Trinajstić information content (AvgIpc) is 2.23. The van der Waals surface area contributed by atoms with Crippen LogP contribution in [-0.4, -0.2) is 5.11 Å². The molecule has 0 heterocycles. The van der Waals surface area contributed by atoms with Crippen molar-refractivity contribution in [2.45, 2.75) is 0 Å². The van der Waals surface area contributed by atoms with Crippen LogP contribution in [0, 0.1) is 5.82 Å². The molecule has 2 aromatic carbocycles. The smallest absolute Gasteiger partial charge is 0.146 e. The van der Waals surface area contributed by atoms with Crippen molar-refractivity contribution in [3.8, 4) is 16.9 Å². The van der Waals surface area contributed by atoms with Gasteiger partial charge in [0.1, 0.15) is 11.6 Å². The van der Waals surface area contributed by atoms with Crippen LogP contribution in [0.5, 0.6) is 5.75 Å². The van der Waals surface area contributed by atoms with Crippen molar-refractivity contribution >= 4 is 5.69 Å². The van der Waals surface area contributed by atoms with E-state index in [1.165, 1.54) is 12.1 Å². The molecule has 0 spiro atoms. The maximum absolute atomic E-state index is 13.2. The predicted molar refractivity (Wildman–Crippen MR) is 57.9 cm³/mol. The van der Waals surface area contributed by atoms with Crippen LogP contribution >= 0.6 is 0 Å². The average molecular weight is 203 g/mol. The van der Waals surface area contributed by atoms with Gasteiger partial charge in [-0.1, -0.05) is 24.3 Å². The molecular weight excluding hydrogens is 193 g/mol. The topological polar surface area (TPSA) is 46.2 Å². The van der Waals surface area contributed by atoms with Crippen LogP contribution < -0.4 is 5.73 Å². The highest BCUT2D eigenvalue weighted by Gasteiger charge is 2.05. The van der Waals surface area contributed by atoms with Gasteiger partial charge in [-0.2, -0.15) is 0 Å². The first-order valence-corrected chi connectivity index (χ1v) is 4.52. The lowest BCUT2D eigenvalue weighted by Crippen LogP contribution is -1.90. The Bertz CT molecular complexity index is 497. The molecule has 2 aromatic rings. The fraction of sp³-hybridized carbons (Fsp3) is 0. The van der Waals surface area contributed by atoms with Crippen molar-refractivity contribution in [3.05, 3.63) is 48.3 Å². The third-order valence-corrected chi connectivity index (χ3v) is 2.22. The van der Waals surface area contributed by atoms with Gasteiger partial charge in [-0.25, -0.2) is 4.39 Å². The van der Waals surface area contributed by atoms with E-state index in [1.54, 1.807) is 30.3 Å². The molecular formula is C12H10FNO. The van der Waals surface area contributed by atoms with Crippen molar-refractivity contribution in [2.75, 3.05) is 5.73 Å². The number of rotatable bonds is 1. The predicted octanol–water partition coefficient (Wildman–Crippen LogP) is 2.78. The molecule has 2 rings (SSSR count). The first-order valence-electron chi connectivity index (χ1n) is 4.52. The summed E-state index contributed by atoms with van der Waals surface area (Å²) in [5.41, 5.74) is 6.68. The third kappa shape index (κ3) is 1.76. The molecule has 0 aliphatic heterocycles. The minimum Gasteiger partial charge on any atom is -0.507 e. The Morgan fingerprint density at radius 1 is 1.07 bits per heavy atom. The number of phenols is 1. The van der Waals surface area contributed by atoms with Crippen molar-refractivity contribution in [1.29, 1.82) is 0 Å². The standard InChI is InChI=1S/C12H10FNO/c13-10-7-8(5-6-11(10)14)9-3-1-2-4-12(9)15/h1-7,15H,14H2. The van der Waals surface area contributed by atoms with E-state index in [2.05, 4.69) is 0 Å². The second kappa shape index (κ2) is 3.61. The Kier molecular flexibility index (Phi) is 2.29. The lowest BCUT2D eigenvalue weighted by Gasteiger charge is -2.05. The van der Waals surface area contributed by atoms with E-state index in [-0.39, 0.29) is 11.4 Å². The Labute approximate surface area is 86.8 Å². The molecule has 0 radical (unpaired) electrons. The van der Waals surface area contributed by atoms with Gasteiger partial charge in [-0.05, 0) is 23.8 Å². The lowest BCUT2D eigenvalue weighted by atomic mass is 10.0. The highest BCUT2D eigenvalue weighted by Crippen LogP contribution is 2.29. The number of hydrogen-bond acceptors (Lipinski definition) is 2. The van der Waals surface area contributed by atoms with E-state index < -0.39 is 5.82 Å². The number of nitrogens with two attached hydrogens (primary N) is 1. The molecule has 0 saturated carbocycles. The van der Waals surface area contributed by atoms with Crippen LogP contribution in [0.1, 0.15) is 0 Å². The Hall–Kier alpha value is -2.03. The zero-order valence-electron chi connectivity index (χ0n) is 7.94. The van der Waals surface area contributed by atoms with Gasteiger partial charge < -0.3 is 10.8 Å². The van der Waals surface area contributed by atoms with E-state index in [0.29, 0.717) is 11.1 Å². The summed E-state index contributed by atoms with van der Waals surface area (Å²) in [6, 6.07) is 11.2. The second-order valence-electron chi connectivity index (χ2n) is 3.25. The maximum atomic E-state index is 13.2. The molecule has 0 amide bonds. The number of para-hydroxylation sites is 1. The molecule has 0 atom stereocenters. The van der Waals surface area contributed by atoms with Gasteiger partial charge in [-0.3, -0.25) is 0 Å². The number of aromatic hydroxyl groups is 1. The number of phenolic OH excluding ortho intramolecular Hbond substituents is 1. The number of halogens is 1. The van der Waals surface area contributed by atoms with E-state index in [4.69, 9.17) is 5.73 Å². The molecule has 0 saturated heterocycles. The normalized spacial score (nSPS) is 10.2. The Balaban J connectivity index is 2.55. The number of hydrogen-bond donors (Lipinski definition) is 2. The van der Waals surface area contributed by atoms with Gasteiger partial charge in [0.05, 0.1) is 5.69 Å². The monoisotopic (exact) mass is 203 g/mol. The van der Waals surface area contributed by atoms with Gasteiger partial charge in [0, 0.05) is 5.56 Å². The number of nitrogen functional groups attached to an aromatic ring is 1. The number of benzene rings is 2. The van der Waals surface area contributed by atoms with Crippen molar-refractivity contribution in [3.63, 3.8) is 0 Å². The molecule has 76 valence electrons. The zero-order valence-corrected chi connectivity index (χ0v) is 7.94. The van der Waals surface area contributed by atoms with Gasteiger partial charge in [-0.15, -0.1) is 0 Å². The highest BCUT2D eigenvalue weighted by molar-refractivity contribution is 5.71. The van der Waals surface area contributed by atoms with Crippen molar-refractivity contribution in [2.24, 2.45) is 0 Å². The summed E-state index contributed by atoms with van der Waals surface area (Å²) in [5, 5.41) is 9.57. The van der Waals surface area contributed by atoms with Crippen LogP contribution in [0.2, 0.25) is 0 Å². The molecule has 2 nitrogen and oxygen atoms in total. The second-order valence-corrected chi connectivity index (χ2v) is 3.25. The van der Waals surface area contributed by atoms with Gasteiger partial charge >= 0.3 is 0 Å². The van der Waals surface area contributed by atoms with Crippen molar-refractivity contribution in [1.82, 2.24) is 0 Å². The van der Waals surface area contributed by atoms with Gasteiger partial charge in [0.25, 0.3) is 0 Å². The summed E-state index contributed by atoms with van der Waals surface area (Å²) in [5.74, 6) is -0.350. The Morgan fingerprint density at radius 3 is 2.47 bits per heavy atom. The summed E-state index contributed by atoms with van der Waals surface area (Å²) in [7, 11) is 0. The minimum atomic E-state index is -0.476. The van der Waals surface area contributed by atoms with Gasteiger partial charge in [0.2, 0.25) is 0 Å². The van der Waals surface area contributed by atoms with Crippen LogP contribution in [0.3, 0.4) is 0 Å². The maximum Gasteiger partial charge on any atom is 0.146 e. The van der Waals surface area contributed by atoms with E-state index in [9.17, 15) is 9.50 Å². The van der Waals surface area contributed by atoms with E-state index in [0.717, 1.165) is 0 Å². The molecule has 0 unspecified atom stereocenters. The van der Waals surface area contributed by atoms with Crippen LogP contribution in [-0.2, 0) is 0 Å². The number of anilines is 1. The fourth-order valence-corrected chi connectivity index (χ4v) is 1.41. The molecule has 0 fully saturated rings. The van der Waals surface area contributed by atoms with Crippen LogP contribution in [0.15, 0.2) is 42.5 Å². The molecule has 0 aliphatic carbocycles.